The van der Waals surface area contributed by atoms with E-state index in [4.69, 9.17) is 5.10 Å². The van der Waals surface area contributed by atoms with E-state index in [1.165, 1.54) is 24.1 Å². The molecule has 0 radical (unpaired) electrons. The van der Waals surface area contributed by atoms with Gasteiger partial charge in [-0.1, -0.05) is 18.2 Å². The summed E-state index contributed by atoms with van der Waals surface area (Å²) in [6.07, 6.45) is 5.48. The Morgan fingerprint density at radius 2 is 1.80 bits per heavy atom. The predicted octanol–water partition coefficient (Wildman–Crippen LogP) is 4.22. The van der Waals surface area contributed by atoms with Crippen LogP contribution in [0.4, 0.5) is 10.1 Å². The fourth-order valence-electron chi connectivity index (χ4n) is 4.37. The minimum Gasteiger partial charge on any atom is -0.361 e. The van der Waals surface area contributed by atoms with Crippen LogP contribution >= 0.6 is 0 Å². The molecule has 1 saturated heterocycles. The molecule has 0 unspecified atom stereocenters. The van der Waals surface area contributed by atoms with Gasteiger partial charge in [-0.05, 0) is 55.2 Å². The van der Waals surface area contributed by atoms with Gasteiger partial charge in [-0.15, -0.1) is 0 Å². The van der Waals surface area contributed by atoms with Gasteiger partial charge in [0.05, 0.1) is 18.8 Å². The van der Waals surface area contributed by atoms with Crippen LogP contribution in [0.25, 0.3) is 0 Å². The first-order valence-corrected chi connectivity index (χ1v) is 10.6. The second-order valence-electron chi connectivity index (χ2n) is 8.18. The number of nitrogens with zero attached hydrogens (tertiary/aromatic N) is 4. The summed E-state index contributed by atoms with van der Waals surface area (Å²) in [7, 11) is 0. The molecule has 0 N–H and O–H groups in total. The quantitative estimate of drug-likeness (QED) is 0.654. The lowest BCUT2D eigenvalue weighted by molar-refractivity contribution is 0.0724. The number of piperidine rings is 1. The smallest absolute Gasteiger partial charge is 0.253 e. The summed E-state index contributed by atoms with van der Waals surface area (Å²) in [6.45, 7) is 3.86. The number of carbonyl (C=O) groups excluding carboxylic acids is 1. The van der Waals surface area contributed by atoms with Gasteiger partial charge in [-0.3, -0.25) is 9.48 Å². The number of likely N-dealkylation sites (tertiary alicyclic amines) is 1. The van der Waals surface area contributed by atoms with E-state index >= 15 is 0 Å². The normalized spacial score (nSPS) is 16.0. The fourth-order valence-corrected chi connectivity index (χ4v) is 4.37. The predicted molar refractivity (Wildman–Crippen MR) is 114 cm³/mol. The first-order valence-electron chi connectivity index (χ1n) is 10.6. The van der Waals surface area contributed by atoms with Crippen LogP contribution in [0.2, 0.25) is 0 Å². The topological polar surface area (TPSA) is 41.4 Å². The number of aromatic nitrogens is 2. The van der Waals surface area contributed by atoms with Crippen molar-refractivity contribution in [2.75, 3.05) is 18.0 Å². The third-order valence-electron chi connectivity index (χ3n) is 5.99. The number of carbonyl (C=O) groups is 1. The molecule has 2 aliphatic rings. The molecular formula is C24H25FN4O. The van der Waals surface area contributed by atoms with E-state index in [-0.39, 0.29) is 11.7 Å². The largest absolute Gasteiger partial charge is 0.361 e. The molecule has 0 aliphatic carbocycles. The Balaban J connectivity index is 1.27. The minimum atomic E-state index is -0.224. The third kappa shape index (κ3) is 3.82. The summed E-state index contributed by atoms with van der Waals surface area (Å²) in [4.78, 5) is 17.1. The molecule has 3 aromatic rings. The SMILES string of the molecule is O=C(c1cccc(N2Cc3cn(Cc4ccc(F)cc4)nc3C2)c1)N1CCCCC1. The Morgan fingerprint density at radius 1 is 1.00 bits per heavy atom. The van der Waals surface area contributed by atoms with Gasteiger partial charge < -0.3 is 9.80 Å². The van der Waals surface area contributed by atoms with Gasteiger partial charge in [0.2, 0.25) is 0 Å². The van der Waals surface area contributed by atoms with E-state index in [1.54, 1.807) is 12.1 Å². The number of hydrogen-bond donors (Lipinski definition) is 0. The highest BCUT2D eigenvalue weighted by Gasteiger charge is 2.24. The van der Waals surface area contributed by atoms with E-state index in [2.05, 4.69) is 17.2 Å². The molecular weight excluding hydrogens is 379 g/mol. The van der Waals surface area contributed by atoms with Crippen LogP contribution in [0, 0.1) is 5.82 Å². The zero-order valence-corrected chi connectivity index (χ0v) is 16.9. The van der Waals surface area contributed by atoms with Crippen molar-refractivity contribution in [2.24, 2.45) is 0 Å². The summed E-state index contributed by atoms with van der Waals surface area (Å²) in [5.41, 5.74) is 5.11. The maximum atomic E-state index is 13.1. The average Bonchev–Trinajstić information content (AvgIpc) is 3.34. The summed E-state index contributed by atoms with van der Waals surface area (Å²) in [6, 6.07) is 14.5. The van der Waals surface area contributed by atoms with Crippen molar-refractivity contribution >= 4 is 11.6 Å². The molecule has 0 atom stereocenters. The molecule has 6 heteroatoms. The van der Waals surface area contributed by atoms with E-state index in [9.17, 15) is 9.18 Å². The number of rotatable bonds is 4. The summed E-state index contributed by atoms with van der Waals surface area (Å²) in [5, 5.41) is 4.72. The molecule has 2 aliphatic heterocycles. The standard InChI is InChI=1S/C24H25FN4O/c25-21-9-7-18(8-10-21)14-29-16-20-15-28(17-23(20)26-29)22-6-4-5-19(13-22)24(30)27-11-2-1-3-12-27/h4-10,13,16H,1-3,11-12,14-15,17H2. The summed E-state index contributed by atoms with van der Waals surface area (Å²) in [5.74, 6) is -0.0867. The molecule has 3 heterocycles. The Hall–Kier alpha value is -3.15. The lowest BCUT2D eigenvalue weighted by Gasteiger charge is -2.27. The van der Waals surface area contributed by atoms with E-state index in [0.29, 0.717) is 6.54 Å². The van der Waals surface area contributed by atoms with Crippen molar-refractivity contribution < 1.29 is 9.18 Å². The number of benzene rings is 2. The number of fused-ring (bicyclic) bond motifs is 1. The first kappa shape index (κ1) is 18.9. The van der Waals surface area contributed by atoms with Gasteiger partial charge in [-0.25, -0.2) is 4.39 Å². The van der Waals surface area contributed by atoms with Gasteiger partial charge in [0.1, 0.15) is 5.82 Å². The number of anilines is 1. The number of hydrogen-bond acceptors (Lipinski definition) is 3. The van der Waals surface area contributed by atoms with Gasteiger partial charge in [-0.2, -0.15) is 5.10 Å². The molecule has 0 bridgehead atoms. The highest BCUT2D eigenvalue weighted by Crippen LogP contribution is 2.28. The zero-order chi connectivity index (χ0) is 20.5. The highest BCUT2D eigenvalue weighted by atomic mass is 19.1. The molecule has 154 valence electrons. The molecule has 0 spiro atoms. The van der Waals surface area contributed by atoms with Crippen LogP contribution in [-0.4, -0.2) is 33.7 Å². The molecule has 1 fully saturated rings. The Labute approximate surface area is 175 Å². The van der Waals surface area contributed by atoms with Crippen molar-refractivity contribution in [3.63, 3.8) is 0 Å². The molecule has 2 aromatic carbocycles. The van der Waals surface area contributed by atoms with Crippen LogP contribution in [0.3, 0.4) is 0 Å². The number of amides is 1. The number of halogens is 1. The second kappa shape index (κ2) is 7.94. The van der Waals surface area contributed by atoms with Gasteiger partial charge >= 0.3 is 0 Å². The zero-order valence-electron chi connectivity index (χ0n) is 16.9. The first-order chi connectivity index (χ1) is 14.7. The monoisotopic (exact) mass is 404 g/mol. The Kier molecular flexibility index (Phi) is 4.99. The van der Waals surface area contributed by atoms with E-state index in [0.717, 1.165) is 61.5 Å². The van der Waals surface area contributed by atoms with Crippen LogP contribution in [0.5, 0.6) is 0 Å². The molecule has 0 saturated carbocycles. The Morgan fingerprint density at radius 3 is 2.57 bits per heavy atom. The van der Waals surface area contributed by atoms with Gasteiger partial charge in [0.25, 0.3) is 5.91 Å². The molecule has 1 aromatic heterocycles. The van der Waals surface area contributed by atoms with E-state index < -0.39 is 0 Å². The second-order valence-corrected chi connectivity index (χ2v) is 8.18. The third-order valence-corrected chi connectivity index (χ3v) is 5.99. The maximum absolute atomic E-state index is 13.1. The molecule has 5 rings (SSSR count). The highest BCUT2D eigenvalue weighted by molar-refractivity contribution is 5.95. The summed E-state index contributed by atoms with van der Waals surface area (Å²) < 4.78 is 15.0. The van der Waals surface area contributed by atoms with Crippen LogP contribution < -0.4 is 4.90 Å². The van der Waals surface area contributed by atoms with Gasteiger partial charge in [0, 0.05) is 42.6 Å². The van der Waals surface area contributed by atoms with Gasteiger partial charge in [0.15, 0.2) is 0 Å². The minimum absolute atomic E-state index is 0.137. The lowest BCUT2D eigenvalue weighted by atomic mass is 10.1. The van der Waals surface area contributed by atoms with Crippen LogP contribution in [-0.2, 0) is 19.6 Å². The summed E-state index contributed by atoms with van der Waals surface area (Å²) >= 11 is 0. The average molecular weight is 404 g/mol. The van der Waals surface area contributed by atoms with Crippen molar-refractivity contribution in [1.82, 2.24) is 14.7 Å². The van der Waals surface area contributed by atoms with Crippen molar-refractivity contribution in [3.05, 3.63) is 82.9 Å². The lowest BCUT2D eigenvalue weighted by Crippen LogP contribution is -2.35. The van der Waals surface area contributed by atoms with Crippen LogP contribution in [0.15, 0.2) is 54.7 Å². The fraction of sp³-hybridized carbons (Fsp3) is 0.333. The van der Waals surface area contributed by atoms with Crippen molar-refractivity contribution in [3.8, 4) is 0 Å². The Bertz CT molecular complexity index is 1030. The molecule has 30 heavy (non-hydrogen) atoms. The van der Waals surface area contributed by atoms with E-state index in [1.807, 2.05) is 27.8 Å². The molecule has 5 nitrogen and oxygen atoms in total. The van der Waals surface area contributed by atoms with Crippen LogP contribution in [0.1, 0.15) is 46.4 Å². The maximum Gasteiger partial charge on any atom is 0.253 e. The molecule has 1 amide bonds. The van der Waals surface area contributed by atoms with Crippen molar-refractivity contribution in [1.29, 1.82) is 0 Å². The van der Waals surface area contributed by atoms with Crippen molar-refractivity contribution in [2.45, 2.75) is 38.9 Å².